The van der Waals surface area contributed by atoms with E-state index in [9.17, 15) is 9.18 Å². The highest BCUT2D eigenvalue weighted by Crippen LogP contribution is 2.26. The van der Waals surface area contributed by atoms with E-state index >= 15 is 0 Å². The minimum Gasteiger partial charge on any atom is -0.337 e. The minimum absolute atomic E-state index is 0.0965. The number of carbonyl (C=O) groups is 1. The van der Waals surface area contributed by atoms with Crippen LogP contribution >= 0.6 is 11.3 Å². The number of thiazole rings is 1. The van der Waals surface area contributed by atoms with Crippen molar-refractivity contribution in [2.45, 2.75) is 18.9 Å². The van der Waals surface area contributed by atoms with Gasteiger partial charge in [0.1, 0.15) is 16.5 Å². The summed E-state index contributed by atoms with van der Waals surface area (Å²) in [6.07, 6.45) is 1.63. The molecule has 2 aromatic rings. The van der Waals surface area contributed by atoms with E-state index < -0.39 is 0 Å². The molecule has 3 rings (SSSR count). The molecule has 2 heterocycles. The van der Waals surface area contributed by atoms with Crippen LogP contribution in [0.3, 0.4) is 0 Å². The Balaban J connectivity index is 1.79. The molecule has 0 saturated carbocycles. The summed E-state index contributed by atoms with van der Waals surface area (Å²) in [6, 6.07) is 6.63. The third-order valence-corrected chi connectivity index (χ3v) is 4.53. The van der Waals surface area contributed by atoms with Crippen LogP contribution in [0.5, 0.6) is 0 Å². The molecule has 0 aliphatic carbocycles. The summed E-state index contributed by atoms with van der Waals surface area (Å²) in [5.74, 6) is -0.421. The molecule has 110 valence electrons. The van der Waals surface area contributed by atoms with Crippen LogP contribution in [0, 0.1) is 5.82 Å². The Labute approximate surface area is 126 Å². The second kappa shape index (κ2) is 5.91. The molecule has 4 nitrogen and oxygen atoms in total. The molecule has 1 aromatic carbocycles. The zero-order valence-corrected chi connectivity index (χ0v) is 12.3. The Morgan fingerprint density at radius 2 is 2.05 bits per heavy atom. The first-order valence-corrected chi connectivity index (χ1v) is 7.78. The molecule has 0 bridgehead atoms. The van der Waals surface area contributed by atoms with Crippen molar-refractivity contribution >= 4 is 17.2 Å². The zero-order valence-electron chi connectivity index (χ0n) is 11.5. The molecular weight excluding hydrogens is 289 g/mol. The zero-order chi connectivity index (χ0) is 14.8. The number of nitrogens with two attached hydrogens (primary N) is 1. The predicted molar refractivity (Wildman–Crippen MR) is 80.6 cm³/mol. The van der Waals surface area contributed by atoms with Gasteiger partial charge in [-0.05, 0) is 25.0 Å². The Kier molecular flexibility index (Phi) is 3.98. The van der Waals surface area contributed by atoms with Gasteiger partial charge in [-0.2, -0.15) is 0 Å². The van der Waals surface area contributed by atoms with Gasteiger partial charge < -0.3 is 10.6 Å². The smallest absolute Gasteiger partial charge is 0.273 e. The van der Waals surface area contributed by atoms with Crippen LogP contribution < -0.4 is 5.73 Å². The second-order valence-electron chi connectivity index (χ2n) is 5.15. The van der Waals surface area contributed by atoms with Gasteiger partial charge in [-0.15, -0.1) is 11.3 Å². The van der Waals surface area contributed by atoms with E-state index in [-0.39, 0.29) is 17.8 Å². The first-order valence-electron chi connectivity index (χ1n) is 6.90. The van der Waals surface area contributed by atoms with Gasteiger partial charge in [-0.1, -0.05) is 12.1 Å². The lowest BCUT2D eigenvalue weighted by atomic mass is 10.1. The van der Waals surface area contributed by atoms with Crippen molar-refractivity contribution < 1.29 is 9.18 Å². The van der Waals surface area contributed by atoms with Crippen LogP contribution in [0.25, 0.3) is 10.6 Å². The summed E-state index contributed by atoms with van der Waals surface area (Å²) < 4.78 is 13.7. The average Bonchev–Trinajstić information content (AvgIpc) is 2.97. The first kappa shape index (κ1) is 14.2. The van der Waals surface area contributed by atoms with Gasteiger partial charge >= 0.3 is 0 Å². The highest BCUT2D eigenvalue weighted by atomic mass is 32.1. The fourth-order valence-electron chi connectivity index (χ4n) is 2.39. The van der Waals surface area contributed by atoms with Gasteiger partial charge in [0, 0.05) is 30.1 Å². The Hall–Kier alpha value is -1.79. The van der Waals surface area contributed by atoms with Crippen molar-refractivity contribution in [2.75, 3.05) is 13.1 Å². The minimum atomic E-state index is -0.324. The lowest BCUT2D eigenvalue weighted by Gasteiger charge is -2.29. The van der Waals surface area contributed by atoms with E-state index in [1.165, 1.54) is 17.4 Å². The summed E-state index contributed by atoms with van der Waals surface area (Å²) in [7, 11) is 0. The van der Waals surface area contributed by atoms with Crippen molar-refractivity contribution in [3.8, 4) is 10.6 Å². The molecule has 1 fully saturated rings. The molecule has 1 aromatic heterocycles. The van der Waals surface area contributed by atoms with Crippen LogP contribution in [0.4, 0.5) is 4.39 Å². The second-order valence-corrected chi connectivity index (χ2v) is 6.01. The number of hydrogen-bond acceptors (Lipinski definition) is 4. The number of piperidine rings is 1. The highest BCUT2D eigenvalue weighted by molar-refractivity contribution is 7.13. The number of halogens is 1. The van der Waals surface area contributed by atoms with Crippen LogP contribution in [0.15, 0.2) is 29.6 Å². The third-order valence-electron chi connectivity index (χ3n) is 3.65. The van der Waals surface area contributed by atoms with E-state index in [1.807, 2.05) is 0 Å². The summed E-state index contributed by atoms with van der Waals surface area (Å²) >= 11 is 1.29. The molecule has 0 unspecified atom stereocenters. The van der Waals surface area contributed by atoms with Gasteiger partial charge in [-0.25, -0.2) is 9.37 Å². The predicted octanol–water partition coefficient (Wildman–Crippen LogP) is 2.51. The van der Waals surface area contributed by atoms with E-state index in [0.717, 1.165) is 12.8 Å². The fraction of sp³-hybridized carbons (Fsp3) is 0.333. The summed E-state index contributed by atoms with van der Waals surface area (Å²) in [5.41, 5.74) is 6.66. The van der Waals surface area contributed by atoms with Crippen molar-refractivity contribution in [2.24, 2.45) is 5.73 Å². The number of likely N-dealkylation sites (tertiary alicyclic amines) is 1. The topological polar surface area (TPSA) is 59.2 Å². The first-order chi connectivity index (χ1) is 10.1. The van der Waals surface area contributed by atoms with Gasteiger partial charge in [0.2, 0.25) is 0 Å². The van der Waals surface area contributed by atoms with E-state index in [0.29, 0.717) is 29.4 Å². The van der Waals surface area contributed by atoms with Crippen molar-refractivity contribution in [1.29, 1.82) is 0 Å². The maximum absolute atomic E-state index is 13.7. The van der Waals surface area contributed by atoms with Crippen LogP contribution in [0.2, 0.25) is 0 Å². The van der Waals surface area contributed by atoms with Gasteiger partial charge in [-0.3, -0.25) is 4.79 Å². The summed E-state index contributed by atoms with van der Waals surface area (Å²) in [6.45, 7) is 1.32. The monoisotopic (exact) mass is 305 g/mol. The van der Waals surface area contributed by atoms with Crippen LogP contribution in [-0.2, 0) is 0 Å². The summed E-state index contributed by atoms with van der Waals surface area (Å²) in [5, 5.41) is 2.23. The van der Waals surface area contributed by atoms with Gasteiger partial charge in [0.05, 0.1) is 0 Å². The van der Waals surface area contributed by atoms with Gasteiger partial charge in [0.15, 0.2) is 0 Å². The molecule has 6 heteroatoms. The number of carbonyl (C=O) groups excluding carboxylic acids is 1. The molecular formula is C15H16FN3OS. The summed E-state index contributed by atoms with van der Waals surface area (Å²) in [4.78, 5) is 18.4. The largest absolute Gasteiger partial charge is 0.337 e. The van der Waals surface area contributed by atoms with Crippen molar-refractivity contribution in [1.82, 2.24) is 9.88 Å². The Bertz CT molecular complexity index is 650. The van der Waals surface area contributed by atoms with Crippen molar-refractivity contribution in [3.05, 3.63) is 41.2 Å². The lowest BCUT2D eigenvalue weighted by molar-refractivity contribution is 0.0709. The van der Waals surface area contributed by atoms with Crippen LogP contribution in [-0.4, -0.2) is 34.9 Å². The normalized spacial score (nSPS) is 16.2. The van der Waals surface area contributed by atoms with E-state index in [1.54, 1.807) is 28.5 Å². The van der Waals surface area contributed by atoms with E-state index in [2.05, 4.69) is 4.98 Å². The van der Waals surface area contributed by atoms with E-state index in [4.69, 9.17) is 5.73 Å². The van der Waals surface area contributed by atoms with Gasteiger partial charge in [0.25, 0.3) is 5.91 Å². The van der Waals surface area contributed by atoms with Crippen LogP contribution in [0.1, 0.15) is 23.3 Å². The average molecular weight is 305 g/mol. The maximum atomic E-state index is 13.7. The molecule has 0 spiro atoms. The molecule has 1 amide bonds. The number of amides is 1. The quantitative estimate of drug-likeness (QED) is 0.927. The fourth-order valence-corrected chi connectivity index (χ4v) is 3.22. The number of benzene rings is 1. The third kappa shape index (κ3) is 2.96. The molecule has 21 heavy (non-hydrogen) atoms. The molecule has 0 atom stereocenters. The Morgan fingerprint density at radius 1 is 1.33 bits per heavy atom. The number of nitrogens with zero attached hydrogens (tertiary/aromatic N) is 2. The molecule has 1 aliphatic heterocycles. The number of hydrogen-bond donors (Lipinski definition) is 1. The molecule has 2 N–H and O–H groups in total. The molecule has 0 radical (unpaired) electrons. The number of aromatic nitrogens is 1. The lowest BCUT2D eigenvalue weighted by Crippen LogP contribution is -2.42. The SMILES string of the molecule is NC1CCN(C(=O)c2csc(-c3ccccc3F)n2)CC1. The maximum Gasteiger partial charge on any atom is 0.273 e. The molecule has 1 saturated heterocycles. The number of rotatable bonds is 2. The standard InChI is InChI=1S/C15H16FN3OS/c16-12-4-2-1-3-11(12)14-18-13(9-21-14)15(20)19-7-5-10(17)6-8-19/h1-4,9-10H,5-8,17H2. The Morgan fingerprint density at radius 3 is 2.76 bits per heavy atom. The highest BCUT2D eigenvalue weighted by Gasteiger charge is 2.23. The van der Waals surface area contributed by atoms with Crippen molar-refractivity contribution in [3.63, 3.8) is 0 Å². The molecule has 1 aliphatic rings.